The van der Waals surface area contributed by atoms with Crippen LogP contribution in [0, 0.1) is 0 Å². The van der Waals surface area contributed by atoms with E-state index in [1.807, 2.05) is 134 Å². The van der Waals surface area contributed by atoms with E-state index in [2.05, 4.69) is 58.7 Å². The zero-order chi connectivity index (χ0) is 70.2. The van der Waals surface area contributed by atoms with Crippen molar-refractivity contribution in [3.05, 3.63) is 215 Å². The number of ether oxygens (including phenoxy) is 2. The third-order valence-electron chi connectivity index (χ3n) is 16.1. The zero-order valence-electron chi connectivity index (χ0n) is 55.2. The molecule has 0 saturated heterocycles. The zero-order valence-corrected chi connectivity index (χ0v) is 59.9. The topological polar surface area (TPSA) is 260 Å². The second kappa shape index (κ2) is 31.0. The lowest BCUT2D eigenvalue weighted by molar-refractivity contribution is 0.0456. The summed E-state index contributed by atoms with van der Waals surface area (Å²) in [6.07, 6.45) is 7.80. The van der Waals surface area contributed by atoms with E-state index < -0.39 is 22.9 Å². The Hall–Kier alpha value is -9.38. The van der Waals surface area contributed by atoms with Gasteiger partial charge in [-0.1, -0.05) is 111 Å². The first kappa shape index (κ1) is 70.5. The fraction of sp³-hybridized carbons (Fsp3) is 0.222. The third kappa shape index (κ3) is 15.9. The smallest absolute Gasteiger partial charge is 0.342 e. The predicted octanol–water partition coefficient (Wildman–Crippen LogP) is 15.2. The van der Waals surface area contributed by atoms with Crippen molar-refractivity contribution >= 4 is 105 Å². The Labute approximate surface area is 603 Å². The van der Waals surface area contributed by atoms with Gasteiger partial charge in [-0.2, -0.15) is 33.7 Å². The number of nitrogens with zero attached hydrogens (tertiary/aromatic N) is 12. The molecule has 12 aromatic rings. The Morgan fingerprint density at radius 3 is 1.46 bits per heavy atom. The highest BCUT2D eigenvalue weighted by Gasteiger charge is 2.34. The molecule has 22 nitrogen and oxygen atoms in total. The van der Waals surface area contributed by atoms with Crippen LogP contribution in [0.3, 0.4) is 0 Å². The van der Waals surface area contributed by atoms with Gasteiger partial charge >= 0.3 is 12.1 Å². The monoisotopic (exact) mass is 1460 g/mol. The first-order valence-electron chi connectivity index (χ1n) is 31.5. The number of phenols is 2. The van der Waals surface area contributed by atoms with Crippen LogP contribution in [-0.2, 0) is 23.9 Å². The van der Waals surface area contributed by atoms with Crippen LogP contribution >= 0.6 is 70.2 Å². The van der Waals surface area contributed by atoms with Crippen LogP contribution in [0.25, 0.3) is 45.4 Å². The number of hydrogen-bond donors (Lipinski definition) is 6. The summed E-state index contributed by atoms with van der Waals surface area (Å²) in [5.74, 6) is 3.80. The minimum atomic E-state index is -0.708. The first-order valence-corrected chi connectivity index (χ1v) is 36.7. The number of hydrazine groups is 1. The highest BCUT2D eigenvalue weighted by Crippen LogP contribution is 2.40. The Morgan fingerprint density at radius 1 is 0.540 bits per heavy atom. The van der Waals surface area contributed by atoms with Gasteiger partial charge < -0.3 is 29.9 Å². The van der Waals surface area contributed by atoms with E-state index in [-0.39, 0.29) is 51.0 Å². The fourth-order valence-corrected chi connectivity index (χ4v) is 15.1. The number of aliphatic hydroxyl groups is 2. The Balaban J connectivity index is 1.01. The fourth-order valence-electron chi connectivity index (χ4n) is 11.1. The van der Waals surface area contributed by atoms with Gasteiger partial charge in [0.05, 0.1) is 59.7 Å². The first-order chi connectivity index (χ1) is 48.3. The molecule has 514 valence electrons. The van der Waals surface area contributed by atoms with Crippen molar-refractivity contribution in [3.63, 3.8) is 0 Å². The summed E-state index contributed by atoms with van der Waals surface area (Å²) in [5, 5.41) is 78.8. The number of benzene rings is 6. The molecule has 0 spiro atoms. The van der Waals surface area contributed by atoms with E-state index in [1.54, 1.807) is 84.2 Å². The summed E-state index contributed by atoms with van der Waals surface area (Å²) in [5.41, 5.74) is 4.80. The molecule has 0 aliphatic rings. The van der Waals surface area contributed by atoms with Crippen LogP contribution in [0.5, 0.6) is 23.0 Å². The van der Waals surface area contributed by atoms with Crippen molar-refractivity contribution in [2.24, 2.45) is 0 Å². The number of halogens is 2. The molecular formula is C72H70Cl2N14O8S4. The van der Waals surface area contributed by atoms with Crippen LogP contribution in [0.2, 0.25) is 10.0 Å². The number of aromatic nitrogens is 10. The number of phenolic OH excluding ortho intramolecular Hbond substituents is 2. The maximum absolute atomic E-state index is 16.5. The van der Waals surface area contributed by atoms with Crippen LogP contribution in [0.15, 0.2) is 202 Å². The summed E-state index contributed by atoms with van der Waals surface area (Å²) >= 11 is 19.3. The maximum atomic E-state index is 16.5. The number of carbonyl (C=O) groups excluding carboxylic acids is 2. The van der Waals surface area contributed by atoms with Gasteiger partial charge in [0.2, 0.25) is 0 Å². The molecule has 6 aromatic carbocycles. The lowest BCUT2D eigenvalue weighted by atomic mass is 9.92. The number of thioether (sulfide) groups is 2. The minimum Gasteiger partial charge on any atom is -0.508 e. The molecule has 0 atom stereocenters. The summed E-state index contributed by atoms with van der Waals surface area (Å²) in [7, 11) is 0. The largest absolute Gasteiger partial charge is 0.508 e. The molecule has 12 rings (SSSR count). The number of hydrogen-bond acceptors (Lipinski definition) is 18. The molecule has 6 heterocycles. The van der Waals surface area contributed by atoms with Gasteiger partial charge in [-0.25, -0.2) is 29.0 Å². The molecule has 6 aromatic heterocycles. The lowest BCUT2D eigenvalue weighted by Crippen LogP contribution is -2.52. The number of anilines is 2. The van der Waals surface area contributed by atoms with Crippen LogP contribution in [0.1, 0.15) is 50.2 Å². The molecule has 100 heavy (non-hydrogen) atoms. The SMILES string of the molecule is CSCC(C)(C)c1cc(NC(=O)N(Cc2ccccc2Sc2ccc3nnc(-c4cc(Cl)ccc4O)n3c2)N(Cc2ccccc2Sc2ccc3nnc(-c4cc(O)ccc4Cl)n3c2)C(=O)Nc2cc(C(C)(C)CSC)nn2-c2ccc(OCCO)cc2)n(-c2ccc(OCCO)cc2)n1. The Kier molecular flexibility index (Phi) is 21.9. The van der Waals surface area contributed by atoms with Gasteiger partial charge in [0.15, 0.2) is 22.9 Å². The molecule has 0 radical (unpaired) electrons. The summed E-state index contributed by atoms with van der Waals surface area (Å²) in [6.45, 7) is 7.81. The number of fused-ring (bicyclic) bond motifs is 2. The highest BCUT2D eigenvalue weighted by molar-refractivity contribution is 7.99. The van der Waals surface area contributed by atoms with Crippen molar-refractivity contribution in [1.29, 1.82) is 0 Å². The highest BCUT2D eigenvalue weighted by atomic mass is 35.5. The molecule has 0 fully saturated rings. The molecule has 0 aliphatic carbocycles. The number of nitrogens with one attached hydrogen (secondary N) is 2. The van der Waals surface area contributed by atoms with Gasteiger partial charge in [-0.15, -0.1) is 20.4 Å². The standard InChI is InChI=1S/C72H70Cl2N14O8S4/c1-71(2,43-97-5)61-37-65(87(81-61)48-16-21-51(22-17-48)95-33-31-89)75-69(93)85(39-45-11-7-9-13-59(45)99-53-25-29-63-77-79-67(83(63)41-53)55-36-50(91)20-27-57(55)74)86(70(94)76-66-38-62(72(3,4)44-98-6)82-88(66)49-18-23-52(24-19-49)96-34-32-90)40-46-12-8-10-14-60(46)100-54-26-30-64-78-80-68(84(64)42-54)56-35-47(73)15-28-58(56)92/h7-30,35-38,41-42,89-92H,31-34,39-40,43-44H2,1-6H3,(H,75,93)(H,76,94). The molecule has 4 amide bonds. The normalized spacial score (nSPS) is 11.7. The number of pyridine rings is 2. The quantitative estimate of drug-likeness (QED) is 0.0275. The molecule has 0 aliphatic heterocycles. The number of urea groups is 2. The van der Waals surface area contributed by atoms with E-state index in [0.717, 1.165) is 19.6 Å². The van der Waals surface area contributed by atoms with E-state index >= 15 is 9.59 Å². The Morgan fingerprint density at radius 2 is 1.00 bits per heavy atom. The van der Waals surface area contributed by atoms with Gasteiger partial charge in [0.25, 0.3) is 0 Å². The van der Waals surface area contributed by atoms with Gasteiger partial charge in [0, 0.05) is 77.0 Å². The average Bonchev–Trinajstić information content (AvgIpc) is 1.57. The molecule has 6 N–H and O–H groups in total. The number of aliphatic hydroxyl groups excluding tert-OH is 2. The average molecular weight is 1460 g/mol. The van der Waals surface area contributed by atoms with Gasteiger partial charge in [0.1, 0.15) is 47.8 Å². The van der Waals surface area contributed by atoms with Crippen molar-refractivity contribution in [1.82, 2.24) is 58.8 Å². The Bertz CT molecular complexity index is 4610. The maximum Gasteiger partial charge on any atom is 0.342 e. The molecule has 0 unspecified atom stereocenters. The second-order valence-corrected chi connectivity index (χ2v) is 29.2. The summed E-state index contributed by atoms with van der Waals surface area (Å²) < 4.78 is 18.4. The third-order valence-corrected chi connectivity index (χ3v) is 20.9. The predicted molar refractivity (Wildman–Crippen MR) is 396 cm³/mol. The molecule has 28 heteroatoms. The van der Waals surface area contributed by atoms with E-state index in [1.165, 1.54) is 51.7 Å². The van der Waals surface area contributed by atoms with Gasteiger partial charge in [-0.3, -0.25) is 19.4 Å². The van der Waals surface area contributed by atoms with Crippen LogP contribution in [-0.4, -0.2) is 142 Å². The molecule has 0 bridgehead atoms. The van der Waals surface area contributed by atoms with E-state index in [4.69, 9.17) is 42.9 Å². The van der Waals surface area contributed by atoms with Gasteiger partial charge in [-0.05, 0) is 145 Å². The van der Waals surface area contributed by atoms with E-state index in [9.17, 15) is 20.4 Å². The lowest BCUT2D eigenvalue weighted by Gasteiger charge is -2.35. The van der Waals surface area contributed by atoms with Crippen LogP contribution < -0.4 is 20.1 Å². The summed E-state index contributed by atoms with van der Waals surface area (Å²) in [6, 6.07) is 48.7. The number of rotatable bonds is 26. The number of aromatic hydroxyl groups is 2. The number of amides is 4. The van der Waals surface area contributed by atoms with Crippen LogP contribution in [0.4, 0.5) is 21.2 Å². The molecular weight excluding hydrogens is 1390 g/mol. The second-order valence-electron chi connectivity index (χ2n) is 24.4. The number of carbonyl (C=O) groups is 2. The summed E-state index contributed by atoms with van der Waals surface area (Å²) in [4.78, 5) is 35.9. The molecule has 0 saturated carbocycles. The van der Waals surface area contributed by atoms with Crippen molar-refractivity contribution in [3.8, 4) is 57.1 Å². The van der Waals surface area contributed by atoms with Crippen molar-refractivity contribution < 1.29 is 39.5 Å². The minimum absolute atomic E-state index is 0.0101. The van der Waals surface area contributed by atoms with E-state index in [0.29, 0.717) is 113 Å². The van der Waals surface area contributed by atoms with Crippen molar-refractivity contribution in [2.75, 3.05) is 61.1 Å². The van der Waals surface area contributed by atoms with Crippen molar-refractivity contribution in [2.45, 2.75) is 71.2 Å².